The van der Waals surface area contributed by atoms with Crippen LogP contribution in [0.25, 0.3) is 0 Å². The lowest BCUT2D eigenvalue weighted by atomic mass is 10.1. The van der Waals surface area contributed by atoms with E-state index in [0.717, 1.165) is 18.9 Å². The second-order valence-corrected chi connectivity index (χ2v) is 3.97. The van der Waals surface area contributed by atoms with Gasteiger partial charge in [0.15, 0.2) is 0 Å². The molecule has 0 aliphatic rings. The van der Waals surface area contributed by atoms with Crippen LogP contribution in [0.4, 0.5) is 0 Å². The van der Waals surface area contributed by atoms with Gasteiger partial charge in [-0.15, -0.1) is 0 Å². The number of hydrogen-bond donors (Lipinski definition) is 1. The minimum Gasteiger partial charge on any atom is -0.377 e. The molecule has 2 nitrogen and oxygen atoms in total. The monoisotopic (exact) mass is 173 g/mol. The van der Waals surface area contributed by atoms with Crippen LogP contribution in [0.2, 0.25) is 0 Å². The zero-order valence-electron chi connectivity index (χ0n) is 8.84. The van der Waals surface area contributed by atoms with Crippen LogP contribution >= 0.6 is 0 Å². The van der Waals surface area contributed by atoms with E-state index in [1.54, 1.807) is 0 Å². The first-order valence-corrected chi connectivity index (χ1v) is 4.91. The van der Waals surface area contributed by atoms with Crippen LogP contribution in [0.1, 0.15) is 40.5 Å². The molecule has 74 valence electrons. The summed E-state index contributed by atoms with van der Waals surface area (Å²) in [4.78, 5) is 0. The Hall–Kier alpha value is -0.0800. The van der Waals surface area contributed by atoms with Gasteiger partial charge in [0.1, 0.15) is 0 Å². The van der Waals surface area contributed by atoms with Crippen molar-refractivity contribution in [2.24, 2.45) is 11.7 Å². The summed E-state index contributed by atoms with van der Waals surface area (Å²) >= 11 is 0. The summed E-state index contributed by atoms with van der Waals surface area (Å²) < 4.78 is 5.53. The third-order valence-electron chi connectivity index (χ3n) is 2.05. The van der Waals surface area contributed by atoms with Crippen molar-refractivity contribution in [3.05, 3.63) is 0 Å². The second kappa shape index (κ2) is 6.44. The Morgan fingerprint density at radius 1 is 1.17 bits per heavy atom. The van der Waals surface area contributed by atoms with Crippen LogP contribution in [0, 0.1) is 5.92 Å². The largest absolute Gasteiger partial charge is 0.377 e. The molecule has 0 saturated heterocycles. The summed E-state index contributed by atoms with van der Waals surface area (Å²) in [5.74, 6) is 0.777. The number of ether oxygens (including phenoxy) is 1. The third kappa shape index (κ3) is 6.62. The Bertz CT molecular complexity index is 102. The molecule has 0 radical (unpaired) electrons. The quantitative estimate of drug-likeness (QED) is 0.625. The van der Waals surface area contributed by atoms with E-state index < -0.39 is 0 Å². The zero-order valence-corrected chi connectivity index (χ0v) is 8.84. The molecular weight excluding hydrogens is 150 g/mol. The van der Waals surface area contributed by atoms with E-state index in [4.69, 9.17) is 10.5 Å². The van der Waals surface area contributed by atoms with Gasteiger partial charge in [0.2, 0.25) is 0 Å². The van der Waals surface area contributed by atoms with E-state index in [2.05, 4.69) is 13.8 Å². The third-order valence-corrected chi connectivity index (χ3v) is 2.05. The Morgan fingerprint density at radius 2 is 1.75 bits per heavy atom. The molecular formula is C10H23NO. The van der Waals surface area contributed by atoms with E-state index in [9.17, 15) is 0 Å². The second-order valence-electron chi connectivity index (χ2n) is 3.97. The molecule has 0 aliphatic heterocycles. The molecule has 2 N–H and O–H groups in total. The standard InChI is InChI=1S/C10H23NO/c1-8(2)6-5-7-12-10(4)9(3)11/h8-10H,5-7,11H2,1-4H3/t9-,10?/m1/s1. The van der Waals surface area contributed by atoms with Crippen molar-refractivity contribution in [2.75, 3.05) is 6.61 Å². The minimum absolute atomic E-state index is 0.143. The predicted octanol–water partition coefficient (Wildman–Crippen LogP) is 2.17. The van der Waals surface area contributed by atoms with Gasteiger partial charge in [-0.3, -0.25) is 0 Å². The van der Waals surface area contributed by atoms with Gasteiger partial charge >= 0.3 is 0 Å². The molecule has 0 aromatic rings. The van der Waals surface area contributed by atoms with Crippen molar-refractivity contribution in [1.29, 1.82) is 0 Å². The summed E-state index contributed by atoms with van der Waals surface area (Å²) in [6.07, 6.45) is 2.58. The normalized spacial score (nSPS) is 16.5. The topological polar surface area (TPSA) is 35.2 Å². The van der Waals surface area contributed by atoms with Crippen LogP contribution in [0.15, 0.2) is 0 Å². The highest BCUT2D eigenvalue weighted by molar-refractivity contribution is 4.61. The van der Waals surface area contributed by atoms with Gasteiger partial charge in [0.05, 0.1) is 6.10 Å². The summed E-state index contributed by atoms with van der Waals surface area (Å²) in [7, 11) is 0. The summed E-state index contributed by atoms with van der Waals surface area (Å²) in [6.45, 7) is 9.32. The highest BCUT2D eigenvalue weighted by atomic mass is 16.5. The van der Waals surface area contributed by atoms with Gasteiger partial charge in [-0.05, 0) is 32.6 Å². The van der Waals surface area contributed by atoms with E-state index in [1.165, 1.54) is 6.42 Å². The summed E-state index contributed by atoms with van der Waals surface area (Å²) in [5.41, 5.74) is 5.65. The van der Waals surface area contributed by atoms with Crippen molar-refractivity contribution in [1.82, 2.24) is 0 Å². The fourth-order valence-corrected chi connectivity index (χ4v) is 0.913. The lowest BCUT2D eigenvalue weighted by Gasteiger charge is -2.16. The maximum Gasteiger partial charge on any atom is 0.0695 e. The molecule has 0 aromatic carbocycles. The maximum atomic E-state index is 5.65. The van der Waals surface area contributed by atoms with Crippen molar-refractivity contribution in [3.63, 3.8) is 0 Å². The summed E-state index contributed by atoms with van der Waals surface area (Å²) in [6, 6.07) is 0.143. The lowest BCUT2D eigenvalue weighted by Crippen LogP contribution is -2.31. The van der Waals surface area contributed by atoms with Gasteiger partial charge in [-0.1, -0.05) is 13.8 Å². The zero-order chi connectivity index (χ0) is 9.56. The van der Waals surface area contributed by atoms with E-state index in [1.807, 2.05) is 13.8 Å². The molecule has 0 rings (SSSR count). The Morgan fingerprint density at radius 3 is 2.17 bits per heavy atom. The van der Waals surface area contributed by atoms with E-state index >= 15 is 0 Å². The van der Waals surface area contributed by atoms with Crippen molar-refractivity contribution in [2.45, 2.75) is 52.7 Å². The molecule has 0 spiro atoms. The highest BCUT2D eigenvalue weighted by Crippen LogP contribution is 2.04. The molecule has 0 bridgehead atoms. The minimum atomic E-state index is 0.143. The van der Waals surface area contributed by atoms with Crippen LogP contribution < -0.4 is 5.73 Å². The Labute approximate surface area is 76.5 Å². The van der Waals surface area contributed by atoms with Crippen LogP contribution in [-0.4, -0.2) is 18.8 Å². The molecule has 1 unspecified atom stereocenters. The first-order chi connectivity index (χ1) is 5.54. The van der Waals surface area contributed by atoms with E-state index in [0.29, 0.717) is 0 Å². The Kier molecular flexibility index (Phi) is 6.39. The average Bonchev–Trinajstić information content (AvgIpc) is 1.97. The number of rotatable bonds is 6. The molecule has 0 fully saturated rings. The van der Waals surface area contributed by atoms with Gasteiger partial charge in [0.25, 0.3) is 0 Å². The smallest absolute Gasteiger partial charge is 0.0695 e. The fourth-order valence-electron chi connectivity index (χ4n) is 0.913. The fraction of sp³-hybridized carbons (Fsp3) is 1.00. The van der Waals surface area contributed by atoms with Crippen LogP contribution in [-0.2, 0) is 4.74 Å². The molecule has 0 aliphatic carbocycles. The van der Waals surface area contributed by atoms with E-state index in [-0.39, 0.29) is 12.1 Å². The molecule has 2 atom stereocenters. The molecule has 0 aromatic heterocycles. The van der Waals surface area contributed by atoms with Crippen molar-refractivity contribution in [3.8, 4) is 0 Å². The predicted molar refractivity (Wildman–Crippen MR) is 53.1 cm³/mol. The number of hydrogen-bond acceptors (Lipinski definition) is 2. The van der Waals surface area contributed by atoms with Crippen LogP contribution in [0.5, 0.6) is 0 Å². The molecule has 2 heteroatoms. The summed E-state index contributed by atoms with van der Waals surface area (Å²) in [5, 5.41) is 0. The van der Waals surface area contributed by atoms with Gasteiger partial charge in [-0.2, -0.15) is 0 Å². The SMILES string of the molecule is CC(C)CCCOC(C)[C@@H](C)N. The first kappa shape index (κ1) is 11.9. The molecule has 0 heterocycles. The lowest BCUT2D eigenvalue weighted by molar-refractivity contribution is 0.0485. The maximum absolute atomic E-state index is 5.65. The number of nitrogens with two attached hydrogens (primary N) is 1. The molecule has 0 saturated carbocycles. The molecule has 12 heavy (non-hydrogen) atoms. The van der Waals surface area contributed by atoms with Crippen LogP contribution in [0.3, 0.4) is 0 Å². The average molecular weight is 173 g/mol. The van der Waals surface area contributed by atoms with Gasteiger partial charge < -0.3 is 10.5 Å². The highest BCUT2D eigenvalue weighted by Gasteiger charge is 2.06. The van der Waals surface area contributed by atoms with Crippen molar-refractivity contribution < 1.29 is 4.74 Å². The Balaban J connectivity index is 3.20. The van der Waals surface area contributed by atoms with Gasteiger partial charge in [-0.25, -0.2) is 0 Å². The van der Waals surface area contributed by atoms with Crippen molar-refractivity contribution >= 4 is 0 Å². The van der Waals surface area contributed by atoms with Gasteiger partial charge in [0, 0.05) is 12.6 Å². The first-order valence-electron chi connectivity index (χ1n) is 4.91. The molecule has 0 amide bonds.